The summed E-state index contributed by atoms with van der Waals surface area (Å²) in [6.07, 6.45) is 8.83. The Bertz CT molecular complexity index is 1150. The molecule has 1 saturated heterocycles. The Morgan fingerprint density at radius 3 is 1.61 bits per heavy atom. The van der Waals surface area contributed by atoms with E-state index < -0.39 is 23.9 Å². The summed E-state index contributed by atoms with van der Waals surface area (Å²) in [6, 6.07) is 18.8. The molecule has 1 aliphatic heterocycles. The van der Waals surface area contributed by atoms with Crippen molar-refractivity contribution < 1.29 is 39.6 Å². The van der Waals surface area contributed by atoms with Crippen LogP contribution in [0.5, 0.6) is 0 Å². The number of aryl methyl sites for hydroxylation is 2. The predicted octanol–water partition coefficient (Wildman–Crippen LogP) is 3.72. The van der Waals surface area contributed by atoms with Gasteiger partial charge in [0.15, 0.2) is 0 Å². The Kier molecular flexibility index (Phi) is 14.0. The zero-order valence-corrected chi connectivity index (χ0v) is 23.2. The van der Waals surface area contributed by atoms with Crippen LogP contribution in [0, 0.1) is 0 Å². The lowest BCUT2D eigenvalue weighted by Crippen LogP contribution is -2.46. The molecule has 0 bridgehead atoms. The van der Waals surface area contributed by atoms with Gasteiger partial charge in [-0.1, -0.05) is 55.0 Å². The molecule has 2 aromatic rings. The first-order valence-electron chi connectivity index (χ1n) is 13.4. The highest BCUT2D eigenvalue weighted by Crippen LogP contribution is 2.32. The zero-order valence-electron chi connectivity index (χ0n) is 23.2. The summed E-state index contributed by atoms with van der Waals surface area (Å²) >= 11 is 0. The number of likely N-dealkylation sites (N-methyl/N-ethyl adjacent to an activating group) is 1. The number of carboxylic acids is 4. The van der Waals surface area contributed by atoms with Gasteiger partial charge in [-0.15, -0.1) is 0 Å². The number of aliphatic carboxylic acids is 4. The smallest absolute Gasteiger partial charge is 0.328 e. The van der Waals surface area contributed by atoms with Crippen molar-refractivity contribution in [2.45, 2.75) is 38.1 Å². The van der Waals surface area contributed by atoms with Crippen LogP contribution in [-0.2, 0) is 32.0 Å². The maximum absolute atomic E-state index is 9.55. The quantitative estimate of drug-likeness (QED) is 0.288. The number of benzene rings is 2. The third-order valence-corrected chi connectivity index (χ3v) is 6.69. The fourth-order valence-corrected chi connectivity index (χ4v) is 4.71. The Morgan fingerprint density at radius 2 is 1.12 bits per heavy atom. The normalized spacial score (nSPS) is 16.3. The fraction of sp³-hybridized carbons (Fsp3) is 0.355. The van der Waals surface area contributed by atoms with Crippen molar-refractivity contribution in [3.05, 3.63) is 95.1 Å². The van der Waals surface area contributed by atoms with E-state index in [1.807, 2.05) is 0 Å². The van der Waals surface area contributed by atoms with Crippen LogP contribution in [0.3, 0.4) is 0 Å². The third-order valence-electron chi connectivity index (χ3n) is 6.69. The first-order chi connectivity index (χ1) is 19.6. The van der Waals surface area contributed by atoms with E-state index in [2.05, 4.69) is 65.4 Å². The number of nitrogens with zero attached hydrogens (tertiary/aromatic N) is 2. The molecule has 4 rings (SSSR count). The number of carbonyl (C=O) groups is 4. The van der Waals surface area contributed by atoms with Gasteiger partial charge in [-0.05, 0) is 55.0 Å². The van der Waals surface area contributed by atoms with Crippen molar-refractivity contribution in [1.82, 2.24) is 9.80 Å². The summed E-state index contributed by atoms with van der Waals surface area (Å²) in [5, 5.41) is 31.2. The minimum absolute atomic E-state index is 0.392. The Morgan fingerprint density at radius 1 is 0.634 bits per heavy atom. The lowest BCUT2D eigenvalue weighted by atomic mass is 9.92. The molecule has 10 heteroatoms. The molecule has 1 unspecified atom stereocenters. The van der Waals surface area contributed by atoms with Crippen molar-refractivity contribution in [3.63, 3.8) is 0 Å². The molecular weight excluding hydrogens is 528 g/mol. The number of fused-ring (bicyclic) bond motifs is 1. The molecule has 220 valence electrons. The van der Waals surface area contributed by atoms with Gasteiger partial charge in [0, 0.05) is 50.5 Å². The van der Waals surface area contributed by atoms with Crippen LogP contribution in [0.1, 0.15) is 47.6 Å². The minimum Gasteiger partial charge on any atom is -0.478 e. The third kappa shape index (κ3) is 12.6. The second-order valence-corrected chi connectivity index (χ2v) is 9.76. The molecule has 1 heterocycles. The monoisotopic (exact) mass is 566 g/mol. The zero-order chi connectivity index (χ0) is 30.2. The SMILES string of the molecule is CN1CCN(C(c2ccccc2)c2ccc3c(c2)CCCCC3)CC1.O=C(O)/C=C\C(=O)O.O=C(O)/C=C\C(=O)O. The van der Waals surface area contributed by atoms with Gasteiger partial charge in [0.25, 0.3) is 0 Å². The second-order valence-electron chi connectivity index (χ2n) is 9.76. The molecule has 10 nitrogen and oxygen atoms in total. The summed E-state index contributed by atoms with van der Waals surface area (Å²) in [7, 11) is 2.23. The maximum Gasteiger partial charge on any atom is 0.328 e. The summed E-state index contributed by atoms with van der Waals surface area (Å²) in [5.41, 5.74) is 6.11. The van der Waals surface area contributed by atoms with Crippen LogP contribution in [0.4, 0.5) is 0 Å². The molecule has 0 aromatic heterocycles. The number of hydrogen-bond donors (Lipinski definition) is 4. The van der Waals surface area contributed by atoms with E-state index in [9.17, 15) is 19.2 Å². The number of carboxylic acid groups (broad SMARTS) is 4. The average Bonchev–Trinajstić information content (AvgIpc) is 3.18. The molecule has 0 spiro atoms. The van der Waals surface area contributed by atoms with Gasteiger partial charge < -0.3 is 25.3 Å². The van der Waals surface area contributed by atoms with Crippen LogP contribution in [0.2, 0.25) is 0 Å². The second kappa shape index (κ2) is 17.4. The molecule has 1 fully saturated rings. The number of rotatable bonds is 7. The molecule has 41 heavy (non-hydrogen) atoms. The highest BCUT2D eigenvalue weighted by Gasteiger charge is 2.26. The van der Waals surface area contributed by atoms with Gasteiger partial charge in [0.2, 0.25) is 0 Å². The van der Waals surface area contributed by atoms with E-state index in [0.717, 1.165) is 26.2 Å². The van der Waals surface area contributed by atoms with Crippen LogP contribution < -0.4 is 0 Å². The summed E-state index contributed by atoms with van der Waals surface area (Å²) < 4.78 is 0. The highest BCUT2D eigenvalue weighted by molar-refractivity contribution is 5.90. The van der Waals surface area contributed by atoms with E-state index in [1.165, 1.54) is 43.2 Å². The van der Waals surface area contributed by atoms with Crippen molar-refractivity contribution in [3.8, 4) is 0 Å². The first-order valence-corrected chi connectivity index (χ1v) is 13.4. The van der Waals surface area contributed by atoms with Crippen LogP contribution in [-0.4, -0.2) is 87.3 Å². The number of hydrogen-bond acceptors (Lipinski definition) is 6. The molecule has 0 saturated carbocycles. The summed E-state index contributed by atoms with van der Waals surface area (Å²) in [4.78, 5) is 43.3. The fourth-order valence-electron chi connectivity index (χ4n) is 4.71. The van der Waals surface area contributed by atoms with E-state index in [4.69, 9.17) is 20.4 Å². The Labute approximate surface area is 239 Å². The van der Waals surface area contributed by atoms with Crippen molar-refractivity contribution in [2.75, 3.05) is 33.2 Å². The van der Waals surface area contributed by atoms with Gasteiger partial charge in [0.1, 0.15) is 0 Å². The van der Waals surface area contributed by atoms with E-state index in [0.29, 0.717) is 30.3 Å². The highest BCUT2D eigenvalue weighted by atomic mass is 16.4. The van der Waals surface area contributed by atoms with Gasteiger partial charge in [-0.25, -0.2) is 19.2 Å². The molecule has 0 amide bonds. The molecule has 1 atom stereocenters. The average molecular weight is 567 g/mol. The van der Waals surface area contributed by atoms with Crippen LogP contribution in [0.25, 0.3) is 0 Å². The van der Waals surface area contributed by atoms with E-state index in [1.54, 1.807) is 11.1 Å². The van der Waals surface area contributed by atoms with Crippen LogP contribution >= 0.6 is 0 Å². The number of piperazine rings is 1. The van der Waals surface area contributed by atoms with E-state index >= 15 is 0 Å². The Hall–Kier alpha value is -4.28. The van der Waals surface area contributed by atoms with Crippen molar-refractivity contribution in [1.29, 1.82) is 0 Å². The molecular formula is C31H38N2O8. The van der Waals surface area contributed by atoms with Crippen molar-refractivity contribution >= 4 is 23.9 Å². The maximum atomic E-state index is 9.55. The standard InChI is InChI=1S/C23H30N2.2C4H4O4/c1-24-14-16-25(17-15-24)23(20-9-5-3-6-10-20)22-13-12-19-8-4-2-7-11-21(19)18-22;2*5-3(6)1-2-4(7)8/h3,5-6,9-10,12-13,18,23H,2,4,7-8,11,14-17H2,1H3;2*1-2H,(H,5,6)(H,7,8)/b;2*2-1-. The Balaban J connectivity index is 0.000000304. The predicted molar refractivity (Wildman–Crippen MR) is 154 cm³/mol. The van der Waals surface area contributed by atoms with Crippen LogP contribution in [0.15, 0.2) is 72.8 Å². The molecule has 4 N–H and O–H groups in total. The molecule has 2 aromatic carbocycles. The molecule has 2 aliphatic rings. The minimum atomic E-state index is -1.26. The summed E-state index contributed by atoms with van der Waals surface area (Å²) in [6.45, 7) is 4.61. The molecule has 0 radical (unpaired) electrons. The van der Waals surface area contributed by atoms with Gasteiger partial charge in [0.05, 0.1) is 6.04 Å². The van der Waals surface area contributed by atoms with E-state index in [-0.39, 0.29) is 0 Å². The van der Waals surface area contributed by atoms with Crippen molar-refractivity contribution in [2.24, 2.45) is 0 Å². The summed E-state index contributed by atoms with van der Waals surface area (Å²) in [5.74, 6) is -5.03. The largest absolute Gasteiger partial charge is 0.478 e. The van der Waals surface area contributed by atoms with Gasteiger partial charge >= 0.3 is 23.9 Å². The lowest BCUT2D eigenvalue weighted by Gasteiger charge is -2.38. The van der Waals surface area contributed by atoms with Gasteiger partial charge in [-0.3, -0.25) is 4.90 Å². The topological polar surface area (TPSA) is 156 Å². The molecule has 1 aliphatic carbocycles. The van der Waals surface area contributed by atoms with Gasteiger partial charge in [-0.2, -0.15) is 0 Å². The first kappa shape index (κ1) is 32.9. The lowest BCUT2D eigenvalue weighted by molar-refractivity contribution is -0.134.